The number of rotatable bonds is 7. The van der Waals surface area contributed by atoms with Crippen LogP contribution >= 0.6 is 0 Å². The summed E-state index contributed by atoms with van der Waals surface area (Å²) in [5.74, 6) is -1.58. The Balaban J connectivity index is 2.15. The van der Waals surface area contributed by atoms with E-state index in [1.54, 1.807) is 13.8 Å². The van der Waals surface area contributed by atoms with E-state index < -0.39 is 23.3 Å². The number of benzene rings is 1. The van der Waals surface area contributed by atoms with Gasteiger partial charge < -0.3 is 14.5 Å². The number of aromatic amines is 1. The molecule has 0 radical (unpaired) electrons. The number of ketones is 2. The Bertz CT molecular complexity index is 943. The molecule has 142 valence electrons. The summed E-state index contributed by atoms with van der Waals surface area (Å²) in [7, 11) is 1.27. The molecule has 0 aliphatic rings. The third-order valence-corrected chi connectivity index (χ3v) is 4.01. The quantitative estimate of drug-likeness (QED) is 0.341. The van der Waals surface area contributed by atoms with Gasteiger partial charge >= 0.3 is 11.7 Å². The van der Waals surface area contributed by atoms with Crippen LogP contribution < -0.4 is 4.74 Å². The lowest BCUT2D eigenvalue weighted by molar-refractivity contribution is -0.385. The largest absolute Gasteiger partial charge is 0.490 e. The standard InChI is InChI=1S/C18H18N2O7/c1-9-16(11(3)21)10(2)19-17(9)14(22)8-27-18(23)12-5-6-15(26-4)13(7-12)20(24)25/h5-7,19H,8H2,1-4H3. The molecule has 2 rings (SSSR count). The van der Waals surface area contributed by atoms with Gasteiger partial charge in [0.25, 0.3) is 0 Å². The van der Waals surface area contributed by atoms with Crippen molar-refractivity contribution in [2.24, 2.45) is 0 Å². The second-order valence-corrected chi connectivity index (χ2v) is 5.82. The lowest BCUT2D eigenvalue weighted by Crippen LogP contribution is -2.15. The number of nitrogens with one attached hydrogen (secondary N) is 1. The van der Waals surface area contributed by atoms with Gasteiger partial charge in [0.15, 0.2) is 18.1 Å². The highest BCUT2D eigenvalue weighted by Gasteiger charge is 2.22. The van der Waals surface area contributed by atoms with E-state index in [0.29, 0.717) is 16.8 Å². The summed E-state index contributed by atoms with van der Waals surface area (Å²) in [6, 6.07) is 3.59. The minimum atomic E-state index is -0.887. The zero-order valence-corrected chi connectivity index (χ0v) is 15.2. The summed E-state index contributed by atoms with van der Waals surface area (Å²) in [5, 5.41) is 11.0. The number of hydrogen-bond donors (Lipinski definition) is 1. The van der Waals surface area contributed by atoms with Crippen molar-refractivity contribution in [3.05, 3.63) is 56.4 Å². The van der Waals surface area contributed by atoms with E-state index in [1.807, 2.05) is 0 Å². The van der Waals surface area contributed by atoms with Gasteiger partial charge in [-0.1, -0.05) is 0 Å². The third-order valence-electron chi connectivity index (χ3n) is 4.01. The maximum Gasteiger partial charge on any atom is 0.338 e. The fraction of sp³-hybridized carbons (Fsp3) is 0.278. The Hall–Kier alpha value is -3.49. The van der Waals surface area contributed by atoms with Crippen LogP contribution in [0.2, 0.25) is 0 Å². The fourth-order valence-corrected chi connectivity index (χ4v) is 2.80. The zero-order chi connectivity index (χ0) is 20.3. The molecular weight excluding hydrogens is 356 g/mol. The number of carbonyl (C=O) groups is 3. The minimum Gasteiger partial charge on any atom is -0.490 e. The number of ether oxygens (including phenoxy) is 2. The van der Waals surface area contributed by atoms with Crippen molar-refractivity contribution in [2.45, 2.75) is 20.8 Å². The van der Waals surface area contributed by atoms with E-state index in [9.17, 15) is 24.5 Å². The van der Waals surface area contributed by atoms with Crippen LogP contribution in [-0.4, -0.2) is 41.2 Å². The van der Waals surface area contributed by atoms with Crippen LogP contribution in [0.25, 0.3) is 0 Å². The van der Waals surface area contributed by atoms with Crippen LogP contribution in [0.4, 0.5) is 5.69 Å². The summed E-state index contributed by atoms with van der Waals surface area (Å²) >= 11 is 0. The van der Waals surface area contributed by atoms with E-state index in [-0.39, 0.29) is 28.5 Å². The smallest absolute Gasteiger partial charge is 0.338 e. The molecule has 0 aliphatic carbocycles. The predicted molar refractivity (Wildman–Crippen MR) is 94.5 cm³/mol. The number of nitro benzene ring substituents is 1. The van der Waals surface area contributed by atoms with Gasteiger partial charge in [0.05, 0.1) is 23.3 Å². The van der Waals surface area contributed by atoms with Crippen molar-refractivity contribution in [1.82, 2.24) is 4.98 Å². The first-order valence-corrected chi connectivity index (χ1v) is 7.90. The second kappa shape index (κ2) is 7.81. The van der Waals surface area contributed by atoms with E-state index >= 15 is 0 Å². The predicted octanol–water partition coefficient (Wildman–Crippen LogP) is 2.79. The molecule has 0 aliphatic heterocycles. The molecule has 27 heavy (non-hydrogen) atoms. The van der Waals surface area contributed by atoms with Crippen LogP contribution in [0.5, 0.6) is 5.75 Å². The second-order valence-electron chi connectivity index (χ2n) is 5.82. The molecule has 0 spiro atoms. The fourth-order valence-electron chi connectivity index (χ4n) is 2.80. The van der Waals surface area contributed by atoms with Gasteiger partial charge in [-0.25, -0.2) is 4.79 Å². The molecule has 1 aromatic heterocycles. The number of hydrogen-bond acceptors (Lipinski definition) is 7. The van der Waals surface area contributed by atoms with E-state index in [4.69, 9.17) is 9.47 Å². The molecular formula is C18H18N2O7. The molecule has 9 nitrogen and oxygen atoms in total. The van der Waals surface area contributed by atoms with Crippen molar-refractivity contribution < 1.29 is 28.8 Å². The van der Waals surface area contributed by atoms with Crippen molar-refractivity contribution in [2.75, 3.05) is 13.7 Å². The number of carbonyl (C=O) groups excluding carboxylic acids is 3. The van der Waals surface area contributed by atoms with Crippen LogP contribution in [-0.2, 0) is 4.74 Å². The Morgan fingerprint density at radius 3 is 2.41 bits per heavy atom. The number of nitrogens with zero attached hydrogens (tertiary/aromatic N) is 1. The molecule has 1 heterocycles. The van der Waals surface area contributed by atoms with Crippen LogP contribution in [0, 0.1) is 24.0 Å². The van der Waals surface area contributed by atoms with E-state index in [0.717, 1.165) is 6.07 Å². The molecule has 1 aromatic carbocycles. The molecule has 0 amide bonds. The van der Waals surface area contributed by atoms with E-state index in [2.05, 4.69) is 4.98 Å². The summed E-state index contributed by atoms with van der Waals surface area (Å²) in [4.78, 5) is 49.2. The van der Waals surface area contributed by atoms with Gasteiger partial charge in [-0.2, -0.15) is 0 Å². The van der Waals surface area contributed by atoms with Crippen molar-refractivity contribution >= 4 is 23.2 Å². The third kappa shape index (κ3) is 4.02. The first-order valence-electron chi connectivity index (χ1n) is 7.90. The summed E-state index contributed by atoms with van der Waals surface area (Å²) < 4.78 is 9.82. The van der Waals surface area contributed by atoms with Gasteiger partial charge in [-0.15, -0.1) is 0 Å². The van der Waals surface area contributed by atoms with Crippen LogP contribution in [0.1, 0.15) is 49.4 Å². The highest BCUT2D eigenvalue weighted by Crippen LogP contribution is 2.27. The Kier molecular flexibility index (Phi) is 5.74. The number of esters is 1. The van der Waals surface area contributed by atoms with Gasteiger partial charge in [0.2, 0.25) is 5.78 Å². The lowest BCUT2D eigenvalue weighted by atomic mass is 10.1. The summed E-state index contributed by atoms with van der Waals surface area (Å²) in [5.41, 5.74) is 1.18. The molecule has 0 saturated carbocycles. The normalized spacial score (nSPS) is 10.4. The van der Waals surface area contributed by atoms with Gasteiger partial charge in [0, 0.05) is 17.3 Å². The highest BCUT2D eigenvalue weighted by atomic mass is 16.6. The van der Waals surface area contributed by atoms with Gasteiger partial charge in [0.1, 0.15) is 0 Å². The number of aromatic nitrogens is 1. The molecule has 0 unspecified atom stereocenters. The molecule has 9 heteroatoms. The Morgan fingerprint density at radius 1 is 1.22 bits per heavy atom. The number of Topliss-reactive ketones (excluding diaryl/α,β-unsaturated/α-hetero) is 2. The molecule has 1 N–H and O–H groups in total. The Labute approximate surface area is 154 Å². The summed E-state index contributed by atoms with van der Waals surface area (Å²) in [6.45, 7) is 4.12. The monoisotopic (exact) mass is 374 g/mol. The van der Waals surface area contributed by atoms with Crippen LogP contribution in [0.15, 0.2) is 18.2 Å². The molecule has 0 fully saturated rings. The molecule has 0 atom stereocenters. The van der Waals surface area contributed by atoms with Crippen LogP contribution in [0.3, 0.4) is 0 Å². The number of H-pyrrole nitrogens is 1. The average molecular weight is 374 g/mol. The Morgan fingerprint density at radius 2 is 1.89 bits per heavy atom. The van der Waals surface area contributed by atoms with E-state index in [1.165, 1.54) is 26.2 Å². The first kappa shape index (κ1) is 19.8. The lowest BCUT2D eigenvalue weighted by Gasteiger charge is -2.06. The number of aryl methyl sites for hydroxylation is 1. The molecule has 0 saturated heterocycles. The first-order chi connectivity index (χ1) is 12.7. The SMILES string of the molecule is COc1ccc(C(=O)OCC(=O)c2[nH]c(C)c(C(C)=O)c2C)cc1[N+](=O)[O-]. The van der Waals surface area contributed by atoms with Crippen molar-refractivity contribution in [3.63, 3.8) is 0 Å². The maximum absolute atomic E-state index is 12.3. The highest BCUT2D eigenvalue weighted by molar-refractivity contribution is 6.04. The number of methoxy groups -OCH3 is 1. The van der Waals surface area contributed by atoms with Gasteiger partial charge in [-0.3, -0.25) is 19.7 Å². The van der Waals surface area contributed by atoms with Crippen molar-refractivity contribution in [1.29, 1.82) is 0 Å². The summed E-state index contributed by atoms with van der Waals surface area (Å²) in [6.07, 6.45) is 0. The van der Waals surface area contributed by atoms with Crippen molar-refractivity contribution in [3.8, 4) is 5.75 Å². The topological polar surface area (TPSA) is 129 Å². The number of nitro groups is 1. The van der Waals surface area contributed by atoms with Gasteiger partial charge in [-0.05, 0) is 38.5 Å². The molecule has 2 aromatic rings. The maximum atomic E-state index is 12.3. The average Bonchev–Trinajstić information content (AvgIpc) is 2.93. The molecule has 0 bridgehead atoms. The minimum absolute atomic E-state index is 0.00174. The zero-order valence-electron chi connectivity index (χ0n) is 15.2.